The first kappa shape index (κ1) is 21.9. The highest BCUT2D eigenvalue weighted by atomic mass is 16.7. The van der Waals surface area contributed by atoms with E-state index in [9.17, 15) is 14.4 Å². The largest absolute Gasteiger partial charge is 0.486 e. The first-order valence-electron chi connectivity index (χ1n) is 12.1. The molecule has 6 rings (SSSR count). The van der Waals surface area contributed by atoms with E-state index in [1.165, 1.54) is 0 Å². The third-order valence-corrected chi connectivity index (χ3v) is 7.66. The number of hydrogen-bond acceptors (Lipinski definition) is 6. The molecule has 35 heavy (non-hydrogen) atoms. The normalized spacial score (nSPS) is 22.4. The summed E-state index contributed by atoms with van der Waals surface area (Å²) in [7, 11) is 0. The maximum atomic E-state index is 13.3. The third kappa shape index (κ3) is 3.72. The molecular weight excluding hydrogens is 448 g/mol. The molecule has 182 valence electrons. The lowest BCUT2D eigenvalue weighted by atomic mass is 9.81. The number of ketones is 1. The molecule has 4 heterocycles. The Hall–Kier alpha value is -3.55. The lowest BCUT2D eigenvalue weighted by Gasteiger charge is -2.44. The van der Waals surface area contributed by atoms with Crippen LogP contribution in [0.4, 0.5) is 5.69 Å². The Morgan fingerprint density at radius 3 is 2.57 bits per heavy atom. The van der Waals surface area contributed by atoms with Crippen molar-refractivity contribution in [1.82, 2.24) is 4.90 Å². The number of amides is 2. The molecule has 1 unspecified atom stereocenters. The van der Waals surface area contributed by atoms with Gasteiger partial charge < -0.3 is 24.0 Å². The van der Waals surface area contributed by atoms with Gasteiger partial charge >= 0.3 is 0 Å². The maximum absolute atomic E-state index is 13.3. The number of fused-ring (bicyclic) bond motifs is 2. The summed E-state index contributed by atoms with van der Waals surface area (Å²) < 4.78 is 17.2. The summed E-state index contributed by atoms with van der Waals surface area (Å²) in [4.78, 5) is 42.5. The van der Waals surface area contributed by atoms with Crippen LogP contribution >= 0.6 is 0 Å². The van der Waals surface area contributed by atoms with Crippen molar-refractivity contribution in [3.63, 3.8) is 0 Å². The number of nitrogens with zero attached hydrogens (tertiary/aromatic N) is 2. The van der Waals surface area contributed by atoms with E-state index in [1.807, 2.05) is 36.9 Å². The van der Waals surface area contributed by atoms with Gasteiger partial charge in [0.15, 0.2) is 17.3 Å². The van der Waals surface area contributed by atoms with E-state index in [0.29, 0.717) is 67.4 Å². The number of hydrogen-bond donors (Lipinski definition) is 0. The van der Waals surface area contributed by atoms with Crippen molar-refractivity contribution in [2.75, 3.05) is 31.3 Å². The van der Waals surface area contributed by atoms with Gasteiger partial charge in [0.1, 0.15) is 11.4 Å². The Kier molecular flexibility index (Phi) is 5.02. The Morgan fingerprint density at radius 2 is 1.77 bits per heavy atom. The highest BCUT2D eigenvalue weighted by Gasteiger charge is 2.46. The SMILES string of the molecule is Cc1cc(C)c2c(c1)OC1(CCN(C(=O)C3CC(=O)N(c4ccc5c(c4)OCO5)C3)CC1)CC2=O. The standard InChI is InChI=1S/C27H28N2O6/c1-16-9-17(2)25-20(30)13-27(35-23(25)10-16)5-7-28(8-6-27)26(32)18-11-24(31)29(14-18)19-3-4-21-22(12-19)34-15-33-21/h3-4,9-10,12,18H,5-8,11,13-15H2,1-2H3. The zero-order valence-corrected chi connectivity index (χ0v) is 20.0. The van der Waals surface area contributed by atoms with Gasteiger partial charge in [-0.05, 0) is 43.2 Å². The lowest BCUT2D eigenvalue weighted by Crippen LogP contribution is -2.53. The number of carbonyl (C=O) groups is 3. The molecule has 0 N–H and O–H groups in total. The van der Waals surface area contributed by atoms with Gasteiger partial charge in [0.25, 0.3) is 0 Å². The van der Waals surface area contributed by atoms with Crippen molar-refractivity contribution in [1.29, 1.82) is 0 Å². The quantitative estimate of drug-likeness (QED) is 0.661. The number of rotatable bonds is 2. The zero-order chi connectivity index (χ0) is 24.3. The van der Waals surface area contributed by atoms with Crippen LogP contribution in [0.5, 0.6) is 17.2 Å². The van der Waals surface area contributed by atoms with Gasteiger partial charge in [0, 0.05) is 50.7 Å². The minimum atomic E-state index is -0.564. The Balaban J connectivity index is 1.12. The summed E-state index contributed by atoms with van der Waals surface area (Å²) in [5, 5.41) is 0. The summed E-state index contributed by atoms with van der Waals surface area (Å²) >= 11 is 0. The second-order valence-electron chi connectivity index (χ2n) is 10.1. The van der Waals surface area contributed by atoms with Crippen molar-refractivity contribution in [2.24, 2.45) is 5.92 Å². The van der Waals surface area contributed by atoms with Crippen molar-refractivity contribution in [3.8, 4) is 17.2 Å². The van der Waals surface area contributed by atoms with Gasteiger partial charge in [0.2, 0.25) is 18.6 Å². The van der Waals surface area contributed by atoms with Gasteiger partial charge in [0.05, 0.1) is 17.9 Å². The highest BCUT2D eigenvalue weighted by Crippen LogP contribution is 2.42. The Morgan fingerprint density at radius 1 is 1.00 bits per heavy atom. The molecule has 0 aliphatic carbocycles. The molecule has 0 saturated carbocycles. The number of piperidine rings is 1. The molecule has 0 aromatic heterocycles. The molecule has 2 fully saturated rings. The van der Waals surface area contributed by atoms with E-state index in [2.05, 4.69) is 0 Å². The number of aryl methyl sites for hydroxylation is 2. The minimum Gasteiger partial charge on any atom is -0.486 e. The van der Waals surface area contributed by atoms with Crippen LogP contribution in [0.25, 0.3) is 0 Å². The predicted molar refractivity (Wildman–Crippen MR) is 127 cm³/mol. The van der Waals surface area contributed by atoms with Crippen LogP contribution < -0.4 is 19.1 Å². The number of carbonyl (C=O) groups excluding carboxylic acids is 3. The molecule has 2 aromatic carbocycles. The average molecular weight is 477 g/mol. The first-order chi connectivity index (χ1) is 16.8. The zero-order valence-electron chi connectivity index (χ0n) is 20.0. The molecular formula is C27H28N2O6. The van der Waals surface area contributed by atoms with Crippen LogP contribution in [0.15, 0.2) is 30.3 Å². The van der Waals surface area contributed by atoms with Gasteiger partial charge in [-0.15, -0.1) is 0 Å². The van der Waals surface area contributed by atoms with E-state index in [0.717, 1.165) is 11.1 Å². The number of anilines is 1. The average Bonchev–Trinajstić information content (AvgIpc) is 3.44. The Bertz CT molecular complexity index is 1250. The van der Waals surface area contributed by atoms with Gasteiger partial charge in [-0.1, -0.05) is 6.07 Å². The molecule has 2 aromatic rings. The molecule has 1 spiro atoms. The van der Waals surface area contributed by atoms with Gasteiger partial charge in [-0.2, -0.15) is 0 Å². The molecule has 2 amide bonds. The minimum absolute atomic E-state index is 0.00864. The number of likely N-dealkylation sites (tertiary alicyclic amines) is 1. The molecule has 4 aliphatic heterocycles. The van der Waals surface area contributed by atoms with Crippen LogP contribution in [0.3, 0.4) is 0 Å². The summed E-state index contributed by atoms with van der Waals surface area (Å²) in [6, 6.07) is 9.34. The monoisotopic (exact) mass is 476 g/mol. The van der Waals surface area contributed by atoms with E-state index in [4.69, 9.17) is 14.2 Å². The van der Waals surface area contributed by atoms with E-state index in [1.54, 1.807) is 17.0 Å². The van der Waals surface area contributed by atoms with Gasteiger partial charge in [-0.3, -0.25) is 14.4 Å². The van der Waals surface area contributed by atoms with Crippen LogP contribution in [0.1, 0.15) is 47.2 Å². The molecule has 2 saturated heterocycles. The van der Waals surface area contributed by atoms with Crippen molar-refractivity contribution < 1.29 is 28.6 Å². The Labute approximate surface area is 203 Å². The summed E-state index contributed by atoms with van der Waals surface area (Å²) in [5.74, 6) is 1.59. The van der Waals surface area contributed by atoms with Crippen LogP contribution in [-0.2, 0) is 9.59 Å². The fourth-order valence-electron chi connectivity index (χ4n) is 5.86. The molecule has 8 nitrogen and oxygen atoms in total. The van der Waals surface area contributed by atoms with Crippen LogP contribution in [0.2, 0.25) is 0 Å². The maximum Gasteiger partial charge on any atom is 0.231 e. The number of benzene rings is 2. The van der Waals surface area contributed by atoms with Crippen molar-refractivity contribution in [2.45, 2.75) is 45.1 Å². The smallest absolute Gasteiger partial charge is 0.231 e. The van der Waals surface area contributed by atoms with E-state index in [-0.39, 0.29) is 36.7 Å². The molecule has 4 aliphatic rings. The second kappa shape index (κ2) is 8.00. The van der Waals surface area contributed by atoms with Gasteiger partial charge in [-0.25, -0.2) is 0 Å². The molecule has 8 heteroatoms. The summed E-state index contributed by atoms with van der Waals surface area (Å²) in [5.41, 5.74) is 2.85. The predicted octanol–water partition coefficient (Wildman–Crippen LogP) is 3.41. The molecule has 0 radical (unpaired) electrons. The fraction of sp³-hybridized carbons (Fsp3) is 0.444. The first-order valence-corrected chi connectivity index (χ1v) is 12.1. The number of ether oxygens (including phenoxy) is 3. The molecule has 1 atom stereocenters. The summed E-state index contributed by atoms with van der Waals surface area (Å²) in [6.07, 6.45) is 1.73. The molecule has 0 bridgehead atoms. The number of Topliss-reactive ketones (excluding diaryl/α,β-unsaturated/α-hetero) is 1. The highest BCUT2D eigenvalue weighted by molar-refractivity contribution is 6.02. The van der Waals surface area contributed by atoms with E-state index < -0.39 is 5.60 Å². The topological polar surface area (TPSA) is 85.4 Å². The van der Waals surface area contributed by atoms with E-state index >= 15 is 0 Å². The summed E-state index contributed by atoms with van der Waals surface area (Å²) in [6.45, 7) is 5.49. The van der Waals surface area contributed by atoms with Crippen molar-refractivity contribution >= 4 is 23.3 Å². The lowest BCUT2D eigenvalue weighted by molar-refractivity contribution is -0.139. The van der Waals surface area contributed by atoms with Crippen LogP contribution in [0, 0.1) is 19.8 Å². The van der Waals surface area contributed by atoms with Crippen LogP contribution in [-0.4, -0.2) is 54.5 Å². The second-order valence-corrected chi connectivity index (χ2v) is 10.1. The third-order valence-electron chi connectivity index (χ3n) is 7.66. The van der Waals surface area contributed by atoms with Crippen molar-refractivity contribution in [3.05, 3.63) is 47.0 Å². The fourth-order valence-corrected chi connectivity index (χ4v) is 5.86.